The third-order valence-electron chi connectivity index (χ3n) is 2.33. The number of anilines is 2. The predicted molar refractivity (Wildman–Crippen MR) is 65.4 cm³/mol. The number of methoxy groups -OCH3 is 1. The van der Waals surface area contributed by atoms with E-state index in [-0.39, 0.29) is 5.69 Å². The number of rotatable bonds is 6. The maximum absolute atomic E-state index is 10.8. The molecule has 6 nitrogen and oxygen atoms in total. The van der Waals surface area contributed by atoms with Crippen molar-refractivity contribution in [2.24, 2.45) is 0 Å². The summed E-state index contributed by atoms with van der Waals surface area (Å²) in [6, 6.07) is 2.95. The van der Waals surface area contributed by atoms with Crippen LogP contribution in [0.15, 0.2) is 12.1 Å². The fraction of sp³-hybridized carbons (Fsp3) is 0.455. The molecule has 6 heteroatoms. The molecule has 0 aliphatic rings. The summed E-state index contributed by atoms with van der Waals surface area (Å²) in [5.74, 6) is -0.572. The fourth-order valence-corrected chi connectivity index (χ4v) is 1.44. The molecule has 1 aromatic rings. The van der Waals surface area contributed by atoms with Crippen LogP contribution in [0.5, 0.6) is 0 Å². The molecule has 0 atom stereocenters. The number of carbonyl (C=O) groups is 1. The number of aromatic carboxylic acids is 1. The molecule has 17 heavy (non-hydrogen) atoms. The first-order valence-electron chi connectivity index (χ1n) is 5.26. The summed E-state index contributed by atoms with van der Waals surface area (Å²) in [5.41, 5.74) is 6.23. The molecule has 0 spiro atoms. The molecule has 0 aliphatic heterocycles. The van der Waals surface area contributed by atoms with Gasteiger partial charge in [-0.15, -0.1) is 0 Å². The molecule has 0 amide bonds. The molecule has 0 aliphatic carbocycles. The Hall–Kier alpha value is -1.82. The van der Waals surface area contributed by atoms with E-state index in [1.54, 1.807) is 13.2 Å². The predicted octanol–water partition coefficient (Wildman–Crippen LogP) is 0.835. The van der Waals surface area contributed by atoms with Gasteiger partial charge >= 0.3 is 5.97 Å². The van der Waals surface area contributed by atoms with Crippen LogP contribution in [-0.2, 0) is 4.74 Å². The van der Waals surface area contributed by atoms with Gasteiger partial charge in [0.2, 0.25) is 0 Å². The summed E-state index contributed by atoms with van der Waals surface area (Å²) >= 11 is 0. The molecule has 94 valence electrons. The van der Waals surface area contributed by atoms with Gasteiger partial charge in [-0.1, -0.05) is 0 Å². The van der Waals surface area contributed by atoms with Crippen molar-refractivity contribution < 1.29 is 14.6 Å². The summed E-state index contributed by atoms with van der Waals surface area (Å²) in [6.45, 7) is 1.34. The molecule has 1 rings (SSSR count). The average Bonchev–Trinajstić information content (AvgIpc) is 2.29. The van der Waals surface area contributed by atoms with E-state index in [1.807, 2.05) is 11.9 Å². The largest absolute Gasteiger partial charge is 0.477 e. The van der Waals surface area contributed by atoms with Crippen molar-refractivity contribution in [1.29, 1.82) is 0 Å². The number of nitrogen functional groups attached to an aromatic ring is 1. The minimum atomic E-state index is -1.06. The van der Waals surface area contributed by atoms with Gasteiger partial charge in [0.05, 0.1) is 5.69 Å². The number of ether oxygens (including phenoxy) is 1. The van der Waals surface area contributed by atoms with Crippen LogP contribution in [0.2, 0.25) is 0 Å². The minimum Gasteiger partial charge on any atom is -0.477 e. The highest BCUT2D eigenvalue weighted by Gasteiger charge is 2.11. The Morgan fingerprint density at radius 3 is 2.88 bits per heavy atom. The fourth-order valence-electron chi connectivity index (χ4n) is 1.44. The van der Waals surface area contributed by atoms with E-state index in [0.717, 1.165) is 6.42 Å². The van der Waals surface area contributed by atoms with Gasteiger partial charge in [0.15, 0.2) is 11.5 Å². The lowest BCUT2D eigenvalue weighted by Gasteiger charge is -2.19. The molecular formula is C11H17N3O3. The van der Waals surface area contributed by atoms with Gasteiger partial charge in [0.1, 0.15) is 0 Å². The van der Waals surface area contributed by atoms with Crippen molar-refractivity contribution in [3.05, 3.63) is 17.8 Å². The van der Waals surface area contributed by atoms with Crippen LogP contribution in [0.1, 0.15) is 16.9 Å². The van der Waals surface area contributed by atoms with E-state index in [2.05, 4.69) is 4.98 Å². The van der Waals surface area contributed by atoms with Crippen molar-refractivity contribution in [2.75, 3.05) is 37.9 Å². The molecule has 0 saturated heterocycles. The third-order valence-corrected chi connectivity index (χ3v) is 2.33. The van der Waals surface area contributed by atoms with E-state index in [4.69, 9.17) is 15.6 Å². The van der Waals surface area contributed by atoms with Crippen LogP contribution in [-0.4, -0.2) is 43.4 Å². The van der Waals surface area contributed by atoms with Gasteiger partial charge < -0.3 is 20.5 Å². The molecule has 0 aromatic carbocycles. The highest BCUT2D eigenvalue weighted by atomic mass is 16.5. The van der Waals surface area contributed by atoms with E-state index in [1.165, 1.54) is 6.07 Å². The molecule has 0 fully saturated rings. The molecule has 0 radical (unpaired) electrons. The van der Waals surface area contributed by atoms with E-state index >= 15 is 0 Å². The quantitative estimate of drug-likeness (QED) is 0.715. The number of nitrogens with zero attached hydrogens (tertiary/aromatic N) is 2. The van der Waals surface area contributed by atoms with Crippen LogP contribution in [0.4, 0.5) is 11.5 Å². The lowest BCUT2D eigenvalue weighted by Crippen LogP contribution is -2.23. The summed E-state index contributed by atoms with van der Waals surface area (Å²) in [5, 5.41) is 8.85. The van der Waals surface area contributed by atoms with Gasteiger partial charge in [0.25, 0.3) is 0 Å². The third kappa shape index (κ3) is 3.60. The minimum absolute atomic E-state index is 0.00667. The number of hydrogen-bond donors (Lipinski definition) is 2. The van der Waals surface area contributed by atoms with Crippen LogP contribution < -0.4 is 10.6 Å². The number of carboxylic acids is 1. The first kappa shape index (κ1) is 13.2. The van der Waals surface area contributed by atoms with Crippen LogP contribution in [0, 0.1) is 0 Å². The standard InChI is InChI=1S/C11H17N3O3/c1-14(6-3-7-17-2)10-8(12)4-5-9(13-10)11(15)16/h4-5H,3,6-7,12H2,1-2H3,(H,15,16). The van der Waals surface area contributed by atoms with Crippen LogP contribution >= 0.6 is 0 Å². The Morgan fingerprint density at radius 2 is 2.29 bits per heavy atom. The van der Waals surface area contributed by atoms with E-state index in [9.17, 15) is 4.79 Å². The second-order valence-electron chi connectivity index (χ2n) is 3.68. The topological polar surface area (TPSA) is 88.7 Å². The number of carboxylic acid groups (broad SMARTS) is 1. The SMILES string of the molecule is COCCCN(C)c1nc(C(=O)O)ccc1N. The van der Waals surface area contributed by atoms with Crippen LogP contribution in [0.25, 0.3) is 0 Å². The molecule has 3 N–H and O–H groups in total. The number of pyridine rings is 1. The average molecular weight is 239 g/mol. The molecular weight excluding hydrogens is 222 g/mol. The van der Waals surface area contributed by atoms with Crippen LogP contribution in [0.3, 0.4) is 0 Å². The first-order chi connectivity index (χ1) is 8.06. The van der Waals surface area contributed by atoms with Crippen molar-refractivity contribution >= 4 is 17.5 Å². The molecule has 1 heterocycles. The van der Waals surface area contributed by atoms with Crippen molar-refractivity contribution in [3.63, 3.8) is 0 Å². The van der Waals surface area contributed by atoms with Gasteiger partial charge in [-0.25, -0.2) is 9.78 Å². The lowest BCUT2D eigenvalue weighted by molar-refractivity contribution is 0.0690. The smallest absolute Gasteiger partial charge is 0.354 e. The Labute approximate surface area is 100 Å². The van der Waals surface area contributed by atoms with Crippen molar-refractivity contribution in [2.45, 2.75) is 6.42 Å². The Balaban J connectivity index is 2.80. The zero-order chi connectivity index (χ0) is 12.8. The zero-order valence-corrected chi connectivity index (χ0v) is 10.0. The highest BCUT2D eigenvalue weighted by molar-refractivity contribution is 5.86. The second-order valence-corrected chi connectivity index (χ2v) is 3.68. The summed E-state index contributed by atoms with van der Waals surface area (Å²) in [7, 11) is 3.46. The summed E-state index contributed by atoms with van der Waals surface area (Å²) < 4.78 is 4.95. The Morgan fingerprint density at radius 1 is 1.59 bits per heavy atom. The van der Waals surface area contributed by atoms with Crippen molar-refractivity contribution in [3.8, 4) is 0 Å². The van der Waals surface area contributed by atoms with Gasteiger partial charge in [-0.05, 0) is 18.6 Å². The number of aromatic nitrogens is 1. The maximum Gasteiger partial charge on any atom is 0.354 e. The number of hydrogen-bond acceptors (Lipinski definition) is 5. The normalized spacial score (nSPS) is 10.2. The Bertz CT molecular complexity index is 396. The molecule has 0 saturated carbocycles. The molecule has 0 unspecified atom stereocenters. The van der Waals surface area contributed by atoms with E-state index in [0.29, 0.717) is 24.7 Å². The number of nitrogens with two attached hydrogens (primary N) is 1. The lowest BCUT2D eigenvalue weighted by atomic mass is 10.3. The van der Waals surface area contributed by atoms with Gasteiger partial charge in [0, 0.05) is 27.3 Å². The van der Waals surface area contributed by atoms with Gasteiger partial charge in [-0.2, -0.15) is 0 Å². The van der Waals surface area contributed by atoms with Crippen molar-refractivity contribution in [1.82, 2.24) is 4.98 Å². The summed E-state index contributed by atoms with van der Waals surface area (Å²) in [6.07, 6.45) is 0.825. The molecule has 1 aromatic heterocycles. The zero-order valence-electron chi connectivity index (χ0n) is 10.0. The van der Waals surface area contributed by atoms with Gasteiger partial charge in [-0.3, -0.25) is 0 Å². The highest BCUT2D eigenvalue weighted by Crippen LogP contribution is 2.19. The maximum atomic E-state index is 10.8. The monoisotopic (exact) mass is 239 g/mol. The second kappa shape index (κ2) is 6.05. The molecule has 0 bridgehead atoms. The van der Waals surface area contributed by atoms with E-state index < -0.39 is 5.97 Å². The summed E-state index contributed by atoms with van der Waals surface area (Å²) in [4.78, 5) is 16.6. The Kier molecular flexibility index (Phi) is 4.71. The first-order valence-corrected chi connectivity index (χ1v) is 5.26.